The third-order valence-corrected chi connectivity index (χ3v) is 3.53. The molecule has 0 aliphatic heterocycles. The summed E-state index contributed by atoms with van der Waals surface area (Å²) >= 11 is 2.23. The number of anilines is 1. The molecule has 0 aromatic carbocycles. The van der Waals surface area contributed by atoms with Crippen LogP contribution >= 0.6 is 22.6 Å². The van der Waals surface area contributed by atoms with Gasteiger partial charge in [-0.15, -0.1) is 0 Å². The number of rotatable bonds is 4. The van der Waals surface area contributed by atoms with Crippen LogP contribution in [0.3, 0.4) is 0 Å². The van der Waals surface area contributed by atoms with Crippen molar-refractivity contribution in [1.82, 2.24) is 9.97 Å². The maximum Gasteiger partial charge on any atom is 0.225 e. The van der Waals surface area contributed by atoms with Gasteiger partial charge < -0.3 is 4.90 Å². The number of halogens is 1. The van der Waals surface area contributed by atoms with Crippen molar-refractivity contribution in [2.24, 2.45) is 5.92 Å². The topological polar surface area (TPSA) is 29.0 Å². The van der Waals surface area contributed by atoms with Crippen LogP contribution < -0.4 is 4.90 Å². The fourth-order valence-electron chi connectivity index (χ4n) is 1.81. The van der Waals surface area contributed by atoms with Gasteiger partial charge in [0.15, 0.2) is 0 Å². The molecule has 0 bridgehead atoms. The molecule has 1 aliphatic rings. The van der Waals surface area contributed by atoms with Gasteiger partial charge in [-0.25, -0.2) is 9.97 Å². The van der Waals surface area contributed by atoms with E-state index in [0.29, 0.717) is 0 Å². The number of aromatic nitrogens is 2. The maximum atomic E-state index is 4.37. The fourth-order valence-corrected chi connectivity index (χ4v) is 2.09. The molecule has 15 heavy (non-hydrogen) atoms. The summed E-state index contributed by atoms with van der Waals surface area (Å²) in [6.45, 7) is 4.29. The summed E-state index contributed by atoms with van der Waals surface area (Å²) in [5.41, 5.74) is 0. The molecule has 3 nitrogen and oxygen atoms in total. The Morgan fingerprint density at radius 2 is 2.07 bits per heavy atom. The van der Waals surface area contributed by atoms with Gasteiger partial charge in [0.25, 0.3) is 0 Å². The Kier molecular flexibility index (Phi) is 3.77. The van der Waals surface area contributed by atoms with E-state index in [2.05, 4.69) is 44.4 Å². The van der Waals surface area contributed by atoms with E-state index in [1.165, 1.54) is 19.3 Å². The second kappa shape index (κ2) is 5.09. The first-order chi connectivity index (χ1) is 7.29. The van der Waals surface area contributed by atoms with Gasteiger partial charge in [-0.05, 0) is 48.3 Å². The first-order valence-corrected chi connectivity index (χ1v) is 6.60. The minimum Gasteiger partial charge on any atom is -0.341 e. The average Bonchev–Trinajstić information content (AvgIpc) is 2.19. The molecule has 1 aromatic heterocycles. The molecule has 0 amide bonds. The van der Waals surface area contributed by atoms with Crippen LogP contribution in [0.1, 0.15) is 26.2 Å². The lowest BCUT2D eigenvalue weighted by molar-refractivity contribution is 0.317. The van der Waals surface area contributed by atoms with E-state index in [0.717, 1.165) is 28.5 Å². The summed E-state index contributed by atoms with van der Waals surface area (Å²) in [4.78, 5) is 11.0. The van der Waals surface area contributed by atoms with Crippen molar-refractivity contribution in [3.05, 3.63) is 16.0 Å². The fraction of sp³-hybridized carbons (Fsp3) is 0.636. The molecule has 1 aromatic rings. The Bertz CT molecular complexity index is 308. The average molecular weight is 317 g/mol. The second-order valence-corrected chi connectivity index (χ2v) is 5.28. The van der Waals surface area contributed by atoms with Gasteiger partial charge in [0.2, 0.25) is 5.95 Å². The third-order valence-electron chi connectivity index (χ3n) is 2.97. The molecule has 82 valence electrons. The predicted molar refractivity (Wildman–Crippen MR) is 70.0 cm³/mol. The van der Waals surface area contributed by atoms with Crippen LogP contribution in [-0.4, -0.2) is 23.1 Å². The zero-order valence-electron chi connectivity index (χ0n) is 8.99. The SMILES string of the molecule is CCN(CC1CCC1)c1ncc(I)cn1. The van der Waals surface area contributed by atoms with E-state index in [9.17, 15) is 0 Å². The minimum atomic E-state index is 0.868. The van der Waals surface area contributed by atoms with E-state index in [4.69, 9.17) is 0 Å². The Labute approximate surface area is 104 Å². The van der Waals surface area contributed by atoms with Crippen LogP contribution in [0, 0.1) is 9.49 Å². The Morgan fingerprint density at radius 3 is 2.53 bits per heavy atom. The van der Waals surface area contributed by atoms with Gasteiger partial charge in [0.05, 0.1) is 0 Å². The van der Waals surface area contributed by atoms with Crippen molar-refractivity contribution in [1.29, 1.82) is 0 Å². The van der Waals surface area contributed by atoms with Crippen molar-refractivity contribution >= 4 is 28.5 Å². The van der Waals surface area contributed by atoms with Crippen LogP contribution in [0.4, 0.5) is 5.95 Å². The Balaban J connectivity index is 2.01. The molecule has 0 N–H and O–H groups in total. The van der Waals surface area contributed by atoms with Crippen molar-refractivity contribution in [3.63, 3.8) is 0 Å². The minimum absolute atomic E-state index is 0.868. The molecule has 2 rings (SSSR count). The summed E-state index contributed by atoms with van der Waals surface area (Å²) < 4.78 is 1.09. The zero-order chi connectivity index (χ0) is 10.7. The van der Waals surface area contributed by atoms with Gasteiger partial charge in [-0.1, -0.05) is 6.42 Å². The summed E-state index contributed by atoms with van der Waals surface area (Å²) in [7, 11) is 0. The molecule has 0 unspecified atom stereocenters. The first kappa shape index (κ1) is 11.1. The third kappa shape index (κ3) is 2.80. The van der Waals surface area contributed by atoms with Gasteiger partial charge in [0.1, 0.15) is 0 Å². The Morgan fingerprint density at radius 1 is 1.40 bits per heavy atom. The highest BCUT2D eigenvalue weighted by Gasteiger charge is 2.21. The molecule has 1 aliphatic carbocycles. The Hall–Kier alpha value is -0.390. The van der Waals surface area contributed by atoms with Gasteiger partial charge in [-0.3, -0.25) is 0 Å². The van der Waals surface area contributed by atoms with Gasteiger partial charge in [-0.2, -0.15) is 0 Å². The summed E-state index contributed by atoms with van der Waals surface area (Å²) in [5, 5.41) is 0. The standard InChI is InChI=1S/C11H16IN3/c1-2-15(8-9-4-3-5-9)11-13-6-10(12)7-14-11/h6-7,9H,2-5,8H2,1H3. The molecule has 1 heterocycles. The van der Waals surface area contributed by atoms with Crippen LogP contribution in [0.5, 0.6) is 0 Å². The molecule has 0 atom stereocenters. The maximum absolute atomic E-state index is 4.37. The first-order valence-electron chi connectivity index (χ1n) is 5.52. The summed E-state index contributed by atoms with van der Waals surface area (Å²) in [6.07, 6.45) is 7.91. The van der Waals surface area contributed by atoms with Crippen molar-refractivity contribution < 1.29 is 0 Å². The predicted octanol–water partition coefficient (Wildman–Crippen LogP) is 2.71. The summed E-state index contributed by atoms with van der Waals surface area (Å²) in [6, 6.07) is 0. The zero-order valence-corrected chi connectivity index (χ0v) is 11.1. The lowest BCUT2D eigenvalue weighted by Gasteiger charge is -2.31. The molecular formula is C11H16IN3. The summed E-state index contributed by atoms with van der Waals surface area (Å²) in [5.74, 6) is 1.75. The van der Waals surface area contributed by atoms with E-state index in [1.54, 1.807) is 0 Å². The van der Waals surface area contributed by atoms with Crippen molar-refractivity contribution in [2.45, 2.75) is 26.2 Å². The van der Waals surface area contributed by atoms with E-state index >= 15 is 0 Å². The van der Waals surface area contributed by atoms with Gasteiger partial charge >= 0.3 is 0 Å². The van der Waals surface area contributed by atoms with Crippen molar-refractivity contribution in [2.75, 3.05) is 18.0 Å². The molecule has 0 radical (unpaired) electrons. The lowest BCUT2D eigenvalue weighted by Crippen LogP contribution is -2.33. The highest BCUT2D eigenvalue weighted by molar-refractivity contribution is 14.1. The quantitative estimate of drug-likeness (QED) is 0.800. The smallest absolute Gasteiger partial charge is 0.225 e. The molecule has 1 saturated carbocycles. The van der Waals surface area contributed by atoms with Crippen LogP contribution in [-0.2, 0) is 0 Å². The lowest BCUT2D eigenvalue weighted by atomic mass is 9.85. The van der Waals surface area contributed by atoms with Crippen LogP contribution in [0.25, 0.3) is 0 Å². The highest BCUT2D eigenvalue weighted by Crippen LogP contribution is 2.27. The number of hydrogen-bond donors (Lipinski definition) is 0. The van der Waals surface area contributed by atoms with E-state index in [1.807, 2.05) is 12.4 Å². The molecule has 0 saturated heterocycles. The van der Waals surface area contributed by atoms with Gasteiger partial charge in [0, 0.05) is 29.1 Å². The largest absolute Gasteiger partial charge is 0.341 e. The number of hydrogen-bond acceptors (Lipinski definition) is 3. The molecule has 0 spiro atoms. The highest BCUT2D eigenvalue weighted by atomic mass is 127. The van der Waals surface area contributed by atoms with Crippen molar-refractivity contribution in [3.8, 4) is 0 Å². The van der Waals surface area contributed by atoms with Crippen LogP contribution in [0.2, 0.25) is 0 Å². The normalized spacial score (nSPS) is 16.1. The monoisotopic (exact) mass is 317 g/mol. The van der Waals surface area contributed by atoms with Crippen LogP contribution in [0.15, 0.2) is 12.4 Å². The second-order valence-electron chi connectivity index (χ2n) is 4.04. The van der Waals surface area contributed by atoms with E-state index in [-0.39, 0.29) is 0 Å². The number of nitrogens with zero attached hydrogens (tertiary/aromatic N) is 3. The molecular weight excluding hydrogens is 301 g/mol. The molecule has 1 fully saturated rings. The molecule has 4 heteroatoms. The van der Waals surface area contributed by atoms with E-state index < -0.39 is 0 Å².